The average Bonchev–Trinajstić information content (AvgIpc) is 2.43. The van der Waals surface area contributed by atoms with Gasteiger partial charge in [-0.1, -0.05) is 12.1 Å². The zero-order valence-electron chi connectivity index (χ0n) is 11.4. The summed E-state index contributed by atoms with van der Waals surface area (Å²) in [4.78, 5) is 10.4. The summed E-state index contributed by atoms with van der Waals surface area (Å²) in [6, 6.07) is 4.78. The van der Waals surface area contributed by atoms with Crippen LogP contribution in [-0.4, -0.2) is 49.7 Å². The molecule has 0 aliphatic heterocycles. The fourth-order valence-electron chi connectivity index (χ4n) is 1.56. The molecule has 1 rings (SSSR count). The average molecular weight is 285 g/mol. The molecule has 0 spiro atoms. The van der Waals surface area contributed by atoms with Crippen LogP contribution < -0.4 is 4.74 Å². The Kier molecular flexibility index (Phi) is 7.56. The molecule has 1 aromatic carbocycles. The lowest BCUT2D eigenvalue weighted by molar-refractivity contribution is -0.385. The van der Waals surface area contributed by atoms with Crippen molar-refractivity contribution < 1.29 is 24.2 Å². The summed E-state index contributed by atoms with van der Waals surface area (Å²) in [6.07, 6.45) is 0. The highest BCUT2D eigenvalue weighted by molar-refractivity contribution is 5.51. The Labute approximate surface area is 117 Å². The molecular weight excluding hydrogens is 266 g/mol. The largest absolute Gasteiger partial charge is 0.484 e. The summed E-state index contributed by atoms with van der Waals surface area (Å²) in [5, 5.41) is 19.4. The Morgan fingerprint density at radius 2 is 1.80 bits per heavy atom. The molecular formula is C13H19NO6. The topological polar surface area (TPSA) is 91.1 Å². The number of ether oxygens (including phenoxy) is 3. The molecule has 0 radical (unpaired) electrons. The molecule has 0 atom stereocenters. The van der Waals surface area contributed by atoms with Crippen LogP contribution in [0.2, 0.25) is 0 Å². The maximum atomic E-state index is 10.9. The van der Waals surface area contributed by atoms with E-state index in [2.05, 4.69) is 0 Å². The number of para-hydroxylation sites is 1. The maximum absolute atomic E-state index is 10.9. The lowest BCUT2D eigenvalue weighted by Crippen LogP contribution is -2.12. The van der Waals surface area contributed by atoms with Gasteiger partial charge >= 0.3 is 5.69 Å². The number of hydrogen-bond acceptors (Lipinski definition) is 6. The molecule has 0 fully saturated rings. The highest BCUT2D eigenvalue weighted by atomic mass is 16.6. The summed E-state index contributed by atoms with van der Waals surface area (Å²) in [6.45, 7) is 3.35. The molecule has 0 aromatic heterocycles. The summed E-state index contributed by atoms with van der Waals surface area (Å²) in [7, 11) is 0. The van der Waals surface area contributed by atoms with Crippen molar-refractivity contribution >= 4 is 5.69 Å². The minimum atomic E-state index is -0.466. The number of nitrogens with zero attached hydrogens (tertiary/aromatic N) is 1. The zero-order valence-corrected chi connectivity index (χ0v) is 11.4. The maximum Gasteiger partial charge on any atom is 0.311 e. The van der Waals surface area contributed by atoms with Crippen molar-refractivity contribution in [3.8, 4) is 5.75 Å². The third-order valence-electron chi connectivity index (χ3n) is 2.47. The second-order valence-electron chi connectivity index (χ2n) is 3.98. The molecule has 7 nitrogen and oxygen atoms in total. The number of hydrogen-bond donors (Lipinski definition) is 1. The standard InChI is InChI=1S/C13H19NO6/c1-11-3-2-4-12(14(16)17)13(11)20-10-9-19-8-7-18-6-5-15/h2-4,15H,5-10H2,1H3. The summed E-state index contributed by atoms with van der Waals surface area (Å²) in [5.74, 6) is 0.276. The van der Waals surface area contributed by atoms with Crippen LogP contribution in [0.25, 0.3) is 0 Å². The number of nitro groups is 1. The minimum Gasteiger partial charge on any atom is -0.484 e. The van der Waals surface area contributed by atoms with Crippen LogP contribution in [-0.2, 0) is 9.47 Å². The Morgan fingerprint density at radius 1 is 1.15 bits per heavy atom. The van der Waals surface area contributed by atoms with Gasteiger partial charge in [0.15, 0.2) is 5.75 Å². The molecule has 0 bridgehead atoms. The number of nitro benzene ring substituents is 1. The third-order valence-corrected chi connectivity index (χ3v) is 2.47. The second kappa shape index (κ2) is 9.24. The van der Waals surface area contributed by atoms with E-state index in [4.69, 9.17) is 19.3 Å². The summed E-state index contributed by atoms with van der Waals surface area (Å²) in [5.41, 5.74) is 0.668. The lowest BCUT2D eigenvalue weighted by atomic mass is 10.2. The number of aliphatic hydroxyl groups excluding tert-OH is 1. The predicted molar refractivity (Wildman–Crippen MR) is 72.1 cm³/mol. The highest BCUT2D eigenvalue weighted by Gasteiger charge is 2.16. The fraction of sp³-hybridized carbons (Fsp3) is 0.538. The van der Waals surface area contributed by atoms with Crippen LogP contribution in [0.1, 0.15) is 5.56 Å². The van der Waals surface area contributed by atoms with Crippen molar-refractivity contribution in [2.24, 2.45) is 0 Å². The Morgan fingerprint density at radius 3 is 2.45 bits per heavy atom. The van der Waals surface area contributed by atoms with E-state index < -0.39 is 4.92 Å². The monoisotopic (exact) mass is 285 g/mol. The van der Waals surface area contributed by atoms with Gasteiger partial charge in [0, 0.05) is 6.07 Å². The van der Waals surface area contributed by atoms with Crippen LogP contribution in [0.3, 0.4) is 0 Å². The number of aryl methyl sites for hydroxylation is 1. The smallest absolute Gasteiger partial charge is 0.311 e. The predicted octanol–water partition coefficient (Wildman–Crippen LogP) is 1.31. The van der Waals surface area contributed by atoms with Crippen LogP contribution in [0.15, 0.2) is 18.2 Å². The Hall–Kier alpha value is -1.70. The molecule has 0 heterocycles. The van der Waals surface area contributed by atoms with Crippen molar-refractivity contribution in [2.45, 2.75) is 6.92 Å². The van der Waals surface area contributed by atoms with E-state index in [0.29, 0.717) is 25.4 Å². The van der Waals surface area contributed by atoms with E-state index in [1.54, 1.807) is 19.1 Å². The molecule has 1 aromatic rings. The van der Waals surface area contributed by atoms with E-state index in [0.717, 1.165) is 0 Å². The first kappa shape index (κ1) is 16.4. The van der Waals surface area contributed by atoms with Crippen LogP contribution in [0.5, 0.6) is 5.75 Å². The van der Waals surface area contributed by atoms with E-state index in [1.165, 1.54) is 6.07 Å². The van der Waals surface area contributed by atoms with E-state index >= 15 is 0 Å². The van der Waals surface area contributed by atoms with Gasteiger partial charge in [0.25, 0.3) is 0 Å². The zero-order chi connectivity index (χ0) is 14.8. The first-order valence-corrected chi connectivity index (χ1v) is 6.30. The molecule has 0 saturated carbocycles. The molecule has 0 amide bonds. The van der Waals surface area contributed by atoms with Crippen molar-refractivity contribution in [3.05, 3.63) is 33.9 Å². The van der Waals surface area contributed by atoms with Crippen molar-refractivity contribution in [3.63, 3.8) is 0 Å². The first-order chi connectivity index (χ1) is 9.66. The molecule has 0 unspecified atom stereocenters. The summed E-state index contributed by atoms with van der Waals surface area (Å²) >= 11 is 0. The van der Waals surface area contributed by atoms with Crippen LogP contribution in [0, 0.1) is 17.0 Å². The van der Waals surface area contributed by atoms with E-state index in [1.807, 2.05) is 0 Å². The molecule has 0 aliphatic rings. The highest BCUT2D eigenvalue weighted by Crippen LogP contribution is 2.29. The quantitative estimate of drug-likeness (QED) is 0.396. The number of rotatable bonds is 10. The fourth-order valence-corrected chi connectivity index (χ4v) is 1.56. The summed E-state index contributed by atoms with van der Waals surface area (Å²) < 4.78 is 15.7. The van der Waals surface area contributed by atoms with Gasteiger partial charge in [-0.05, 0) is 12.5 Å². The van der Waals surface area contributed by atoms with Gasteiger partial charge in [0.1, 0.15) is 6.61 Å². The molecule has 0 aliphatic carbocycles. The van der Waals surface area contributed by atoms with Gasteiger partial charge in [-0.3, -0.25) is 10.1 Å². The van der Waals surface area contributed by atoms with Gasteiger partial charge in [0.05, 0.1) is 38.0 Å². The van der Waals surface area contributed by atoms with E-state index in [-0.39, 0.29) is 31.3 Å². The molecule has 112 valence electrons. The molecule has 7 heteroatoms. The van der Waals surface area contributed by atoms with Gasteiger partial charge in [-0.25, -0.2) is 0 Å². The Balaban J connectivity index is 2.30. The normalized spacial score (nSPS) is 10.5. The second-order valence-corrected chi connectivity index (χ2v) is 3.98. The van der Waals surface area contributed by atoms with Crippen molar-refractivity contribution in [1.82, 2.24) is 0 Å². The molecule has 1 N–H and O–H groups in total. The Bertz CT molecular complexity index is 423. The van der Waals surface area contributed by atoms with Gasteiger partial charge in [-0.2, -0.15) is 0 Å². The van der Waals surface area contributed by atoms with Crippen molar-refractivity contribution in [2.75, 3.05) is 39.6 Å². The minimum absolute atomic E-state index is 0.0138. The lowest BCUT2D eigenvalue weighted by Gasteiger charge is -2.09. The van der Waals surface area contributed by atoms with E-state index in [9.17, 15) is 10.1 Å². The number of aliphatic hydroxyl groups is 1. The van der Waals surface area contributed by atoms with Gasteiger partial charge in [-0.15, -0.1) is 0 Å². The molecule has 0 saturated heterocycles. The molecule has 20 heavy (non-hydrogen) atoms. The van der Waals surface area contributed by atoms with Crippen LogP contribution in [0.4, 0.5) is 5.69 Å². The van der Waals surface area contributed by atoms with Gasteiger partial charge < -0.3 is 19.3 Å². The van der Waals surface area contributed by atoms with Gasteiger partial charge in [0.2, 0.25) is 0 Å². The number of benzene rings is 1. The SMILES string of the molecule is Cc1cccc([N+](=O)[O-])c1OCCOCCOCCO. The first-order valence-electron chi connectivity index (χ1n) is 6.30. The third kappa shape index (κ3) is 5.52. The van der Waals surface area contributed by atoms with Crippen LogP contribution >= 0.6 is 0 Å². The van der Waals surface area contributed by atoms with Crippen molar-refractivity contribution in [1.29, 1.82) is 0 Å².